The van der Waals surface area contributed by atoms with Crippen LogP contribution in [0.15, 0.2) is 42.5 Å². The molecule has 1 aromatic heterocycles. The van der Waals surface area contributed by atoms with E-state index in [4.69, 9.17) is 20.2 Å². The number of para-hydroxylation sites is 2. The van der Waals surface area contributed by atoms with Crippen LogP contribution in [0.3, 0.4) is 0 Å². The zero-order valence-electron chi connectivity index (χ0n) is 13.4. The molecule has 0 radical (unpaired) electrons. The van der Waals surface area contributed by atoms with E-state index in [1.54, 1.807) is 7.11 Å². The SMILES string of the molecule is COc1ccccc1Oc1ccc2nc3c(c(N)c2c1)CCC3.Cl. The third-order valence-electron chi connectivity index (χ3n) is 4.32. The summed E-state index contributed by atoms with van der Waals surface area (Å²) in [5.41, 5.74) is 10.5. The number of nitrogens with zero attached hydrogens (tertiary/aromatic N) is 1. The van der Waals surface area contributed by atoms with Gasteiger partial charge >= 0.3 is 0 Å². The molecule has 0 aliphatic heterocycles. The van der Waals surface area contributed by atoms with E-state index in [-0.39, 0.29) is 12.4 Å². The number of fused-ring (bicyclic) bond motifs is 2. The molecule has 4 nitrogen and oxygen atoms in total. The van der Waals surface area contributed by atoms with Gasteiger partial charge in [-0.25, -0.2) is 0 Å². The van der Waals surface area contributed by atoms with E-state index in [0.29, 0.717) is 11.5 Å². The summed E-state index contributed by atoms with van der Waals surface area (Å²) in [6, 6.07) is 13.4. The number of nitrogen functional groups attached to an aromatic ring is 1. The Bertz CT molecular complexity index is 896. The highest BCUT2D eigenvalue weighted by atomic mass is 35.5. The molecule has 1 aliphatic rings. The highest BCUT2D eigenvalue weighted by molar-refractivity contribution is 5.93. The molecule has 24 heavy (non-hydrogen) atoms. The van der Waals surface area contributed by atoms with Crippen LogP contribution in [0.5, 0.6) is 17.2 Å². The Morgan fingerprint density at radius 3 is 2.62 bits per heavy atom. The molecule has 0 unspecified atom stereocenters. The van der Waals surface area contributed by atoms with Crippen molar-refractivity contribution in [3.63, 3.8) is 0 Å². The number of nitrogens with two attached hydrogens (primary N) is 1. The average molecular weight is 343 g/mol. The van der Waals surface area contributed by atoms with E-state index in [2.05, 4.69) is 0 Å². The molecule has 5 heteroatoms. The van der Waals surface area contributed by atoms with Gasteiger partial charge in [0.25, 0.3) is 0 Å². The fraction of sp³-hybridized carbons (Fsp3) is 0.211. The van der Waals surface area contributed by atoms with Crippen molar-refractivity contribution in [2.75, 3.05) is 12.8 Å². The fourth-order valence-corrected chi connectivity index (χ4v) is 3.17. The van der Waals surface area contributed by atoms with Gasteiger partial charge in [0.15, 0.2) is 11.5 Å². The Balaban J connectivity index is 0.00000169. The maximum atomic E-state index is 6.37. The lowest BCUT2D eigenvalue weighted by atomic mass is 10.1. The maximum absolute atomic E-state index is 6.37. The second-order valence-electron chi connectivity index (χ2n) is 5.74. The minimum atomic E-state index is 0. The average Bonchev–Trinajstić information content (AvgIpc) is 3.05. The number of aromatic nitrogens is 1. The standard InChI is InChI=1S/C19H18N2O2.ClH/c1-22-17-7-2-3-8-18(17)23-12-9-10-16-14(11-12)19(20)13-5-4-6-15(13)21-16;/h2-3,7-11H,4-6H2,1H3,(H2,20,21);1H. The van der Waals surface area contributed by atoms with Gasteiger partial charge in [-0.05, 0) is 55.2 Å². The Labute approximate surface area is 147 Å². The Morgan fingerprint density at radius 1 is 1.04 bits per heavy atom. The molecular weight excluding hydrogens is 324 g/mol. The van der Waals surface area contributed by atoms with E-state index in [0.717, 1.165) is 47.3 Å². The summed E-state index contributed by atoms with van der Waals surface area (Å²) >= 11 is 0. The van der Waals surface area contributed by atoms with Gasteiger partial charge in [0.2, 0.25) is 0 Å². The molecular formula is C19H19ClN2O2. The first-order chi connectivity index (χ1) is 11.3. The van der Waals surface area contributed by atoms with Gasteiger partial charge < -0.3 is 15.2 Å². The number of anilines is 1. The van der Waals surface area contributed by atoms with E-state index < -0.39 is 0 Å². The predicted molar refractivity (Wildman–Crippen MR) is 98.5 cm³/mol. The van der Waals surface area contributed by atoms with Crippen molar-refractivity contribution in [1.82, 2.24) is 4.98 Å². The number of ether oxygens (including phenoxy) is 2. The van der Waals surface area contributed by atoms with Crippen molar-refractivity contribution in [3.8, 4) is 17.2 Å². The van der Waals surface area contributed by atoms with Gasteiger partial charge in [0.05, 0.1) is 12.6 Å². The largest absolute Gasteiger partial charge is 0.493 e. The first kappa shape index (κ1) is 16.4. The lowest BCUT2D eigenvalue weighted by molar-refractivity contribution is 0.379. The molecule has 0 saturated heterocycles. The van der Waals surface area contributed by atoms with Crippen molar-refractivity contribution in [2.24, 2.45) is 0 Å². The predicted octanol–water partition coefficient (Wildman–Crippen LogP) is 4.53. The van der Waals surface area contributed by atoms with Crippen LogP contribution in [-0.2, 0) is 12.8 Å². The van der Waals surface area contributed by atoms with Crippen LogP contribution in [0, 0.1) is 0 Å². The minimum Gasteiger partial charge on any atom is -0.493 e. The topological polar surface area (TPSA) is 57.4 Å². The first-order valence-corrected chi connectivity index (χ1v) is 7.78. The lowest BCUT2D eigenvalue weighted by Crippen LogP contribution is -1.98. The molecule has 1 heterocycles. The van der Waals surface area contributed by atoms with Crippen LogP contribution >= 0.6 is 12.4 Å². The van der Waals surface area contributed by atoms with Gasteiger partial charge in [-0.3, -0.25) is 4.98 Å². The second-order valence-corrected chi connectivity index (χ2v) is 5.74. The number of hydrogen-bond acceptors (Lipinski definition) is 4. The number of benzene rings is 2. The van der Waals surface area contributed by atoms with Gasteiger partial charge in [0, 0.05) is 16.8 Å². The molecule has 124 valence electrons. The number of methoxy groups -OCH3 is 1. The molecule has 0 saturated carbocycles. The number of hydrogen-bond donors (Lipinski definition) is 1. The zero-order chi connectivity index (χ0) is 15.8. The van der Waals surface area contributed by atoms with Gasteiger partial charge in [-0.1, -0.05) is 12.1 Å². The van der Waals surface area contributed by atoms with Crippen LogP contribution in [-0.4, -0.2) is 12.1 Å². The summed E-state index contributed by atoms with van der Waals surface area (Å²) < 4.78 is 11.3. The maximum Gasteiger partial charge on any atom is 0.169 e. The van der Waals surface area contributed by atoms with Crippen molar-refractivity contribution in [1.29, 1.82) is 0 Å². The normalized spacial score (nSPS) is 12.5. The number of aryl methyl sites for hydroxylation is 1. The molecule has 2 aromatic carbocycles. The lowest BCUT2D eigenvalue weighted by Gasteiger charge is -2.12. The van der Waals surface area contributed by atoms with Crippen molar-refractivity contribution in [3.05, 3.63) is 53.7 Å². The number of rotatable bonds is 3. The fourth-order valence-electron chi connectivity index (χ4n) is 3.17. The van der Waals surface area contributed by atoms with Crippen molar-refractivity contribution >= 4 is 29.0 Å². The number of pyridine rings is 1. The third-order valence-corrected chi connectivity index (χ3v) is 4.32. The van der Waals surface area contributed by atoms with Gasteiger partial charge in [0.1, 0.15) is 5.75 Å². The quantitative estimate of drug-likeness (QED) is 0.759. The molecule has 0 atom stereocenters. The minimum absolute atomic E-state index is 0. The van der Waals surface area contributed by atoms with E-state index >= 15 is 0 Å². The van der Waals surface area contributed by atoms with Crippen LogP contribution in [0.1, 0.15) is 17.7 Å². The van der Waals surface area contributed by atoms with Gasteiger partial charge in [-0.2, -0.15) is 0 Å². The first-order valence-electron chi connectivity index (χ1n) is 7.78. The van der Waals surface area contributed by atoms with Crippen LogP contribution in [0.2, 0.25) is 0 Å². The van der Waals surface area contributed by atoms with Gasteiger partial charge in [-0.15, -0.1) is 12.4 Å². The van der Waals surface area contributed by atoms with Crippen LogP contribution < -0.4 is 15.2 Å². The summed E-state index contributed by atoms with van der Waals surface area (Å²) in [7, 11) is 1.63. The van der Waals surface area contributed by atoms with Crippen molar-refractivity contribution in [2.45, 2.75) is 19.3 Å². The molecule has 0 bridgehead atoms. The summed E-state index contributed by atoms with van der Waals surface area (Å²) in [6.45, 7) is 0. The Hall–Kier alpha value is -2.46. The zero-order valence-corrected chi connectivity index (χ0v) is 14.2. The highest BCUT2D eigenvalue weighted by Gasteiger charge is 2.18. The molecule has 4 rings (SSSR count). The highest BCUT2D eigenvalue weighted by Crippen LogP contribution is 2.36. The summed E-state index contributed by atoms with van der Waals surface area (Å²) in [5, 5.41) is 0.957. The number of halogens is 1. The Morgan fingerprint density at radius 2 is 1.83 bits per heavy atom. The molecule has 3 aromatic rings. The third kappa shape index (κ3) is 2.74. The van der Waals surface area contributed by atoms with Crippen molar-refractivity contribution < 1.29 is 9.47 Å². The van der Waals surface area contributed by atoms with Crippen LogP contribution in [0.25, 0.3) is 10.9 Å². The summed E-state index contributed by atoms with van der Waals surface area (Å²) in [6.07, 6.45) is 3.17. The van der Waals surface area contributed by atoms with E-state index in [9.17, 15) is 0 Å². The summed E-state index contributed by atoms with van der Waals surface area (Å²) in [5.74, 6) is 2.11. The molecule has 0 spiro atoms. The molecule has 1 aliphatic carbocycles. The Kier molecular flexibility index (Phi) is 4.49. The van der Waals surface area contributed by atoms with E-state index in [1.165, 1.54) is 5.56 Å². The summed E-state index contributed by atoms with van der Waals surface area (Å²) in [4.78, 5) is 4.74. The van der Waals surface area contributed by atoms with E-state index in [1.807, 2.05) is 42.5 Å². The smallest absolute Gasteiger partial charge is 0.169 e. The van der Waals surface area contributed by atoms with Crippen LogP contribution in [0.4, 0.5) is 5.69 Å². The molecule has 0 fully saturated rings. The molecule has 0 amide bonds. The monoisotopic (exact) mass is 342 g/mol. The molecule has 2 N–H and O–H groups in total. The second kappa shape index (κ2) is 6.57.